The van der Waals surface area contributed by atoms with Crippen LogP contribution in [0.5, 0.6) is 0 Å². The Labute approximate surface area is 120 Å². The van der Waals surface area contributed by atoms with Crippen LogP contribution >= 0.6 is 0 Å². The normalized spacial score (nSPS) is 21.8. The van der Waals surface area contributed by atoms with Crippen LogP contribution in [0.3, 0.4) is 0 Å². The van der Waals surface area contributed by atoms with Crippen LogP contribution in [0.25, 0.3) is 11.0 Å². The van der Waals surface area contributed by atoms with Gasteiger partial charge in [-0.1, -0.05) is 19.4 Å². The largest absolute Gasteiger partial charge is 0.478 e. The zero-order chi connectivity index (χ0) is 15.1. The number of nitrogens with one attached hydrogen (secondary N) is 1. The highest BCUT2D eigenvalue weighted by Gasteiger charge is 2.28. The van der Waals surface area contributed by atoms with Gasteiger partial charge < -0.3 is 10.1 Å². The molecule has 2 N–H and O–H groups in total. The predicted molar refractivity (Wildman–Crippen MR) is 77.8 cm³/mol. The third-order valence-corrected chi connectivity index (χ3v) is 4.33. The molecular weight excluding hydrogens is 272 g/mol. The fourth-order valence-electron chi connectivity index (χ4n) is 3.27. The molecule has 1 aromatic heterocycles. The van der Waals surface area contributed by atoms with Crippen LogP contribution < -0.4 is 11.1 Å². The molecule has 2 unspecified atom stereocenters. The Balaban J connectivity index is 2.40. The van der Waals surface area contributed by atoms with Crippen molar-refractivity contribution in [2.75, 3.05) is 0 Å². The van der Waals surface area contributed by atoms with Crippen molar-refractivity contribution >= 4 is 17.0 Å². The molecule has 2 aromatic rings. The van der Waals surface area contributed by atoms with Crippen LogP contribution in [-0.2, 0) is 0 Å². The molecule has 6 nitrogen and oxygen atoms in total. The number of aromatic amines is 1. The Morgan fingerprint density at radius 1 is 1.33 bits per heavy atom. The summed E-state index contributed by atoms with van der Waals surface area (Å²) in [6.07, 6.45) is 2.84. The van der Waals surface area contributed by atoms with Crippen molar-refractivity contribution < 1.29 is 9.90 Å². The second-order valence-electron chi connectivity index (χ2n) is 5.61. The van der Waals surface area contributed by atoms with E-state index in [-0.39, 0.29) is 17.1 Å². The van der Waals surface area contributed by atoms with Crippen molar-refractivity contribution in [2.24, 2.45) is 5.92 Å². The van der Waals surface area contributed by atoms with Crippen molar-refractivity contribution in [3.63, 3.8) is 0 Å². The molecule has 0 amide bonds. The Hall–Kier alpha value is -2.37. The van der Waals surface area contributed by atoms with Gasteiger partial charge in [0.2, 0.25) is 0 Å². The molecule has 0 spiro atoms. The Morgan fingerprint density at radius 3 is 2.71 bits per heavy atom. The number of nitrogens with zero attached hydrogens (tertiary/aromatic N) is 1. The molecule has 3 rings (SSSR count). The summed E-state index contributed by atoms with van der Waals surface area (Å²) in [6.45, 7) is 2.05. The smallest absolute Gasteiger partial charge is 0.337 e. The maximum absolute atomic E-state index is 12.3. The van der Waals surface area contributed by atoms with Gasteiger partial charge in [0.25, 0.3) is 0 Å². The SMILES string of the molecule is CC1CCCC1n1c(=O)c(=O)[nH]c2c(C(=O)O)cccc21. The number of carbonyl (C=O) groups is 1. The van der Waals surface area contributed by atoms with E-state index in [2.05, 4.69) is 11.9 Å². The first kappa shape index (κ1) is 13.6. The van der Waals surface area contributed by atoms with Gasteiger partial charge in [-0.25, -0.2) is 4.79 Å². The molecule has 2 atom stereocenters. The molecule has 1 aliphatic rings. The first-order valence-corrected chi connectivity index (χ1v) is 7.01. The molecule has 21 heavy (non-hydrogen) atoms. The lowest BCUT2D eigenvalue weighted by atomic mass is 10.1. The first-order valence-electron chi connectivity index (χ1n) is 7.01. The lowest BCUT2D eigenvalue weighted by Gasteiger charge is -2.20. The van der Waals surface area contributed by atoms with E-state index < -0.39 is 17.1 Å². The molecule has 0 aliphatic heterocycles. The Morgan fingerprint density at radius 2 is 2.10 bits per heavy atom. The van der Waals surface area contributed by atoms with E-state index >= 15 is 0 Å². The van der Waals surface area contributed by atoms with Gasteiger partial charge in [-0.2, -0.15) is 0 Å². The molecule has 1 fully saturated rings. The Bertz CT molecular complexity index is 834. The summed E-state index contributed by atoms with van der Waals surface area (Å²) in [5, 5.41) is 9.24. The number of hydrogen-bond donors (Lipinski definition) is 2. The molecule has 110 valence electrons. The quantitative estimate of drug-likeness (QED) is 0.823. The number of H-pyrrole nitrogens is 1. The standard InChI is InChI=1S/C15H16N2O4/c1-8-4-2-6-10(8)17-11-7-3-5-9(15(20)21)12(11)16-13(18)14(17)19/h3,5,7-8,10H,2,4,6H2,1H3,(H,16,18)(H,20,21). The van der Waals surface area contributed by atoms with Gasteiger partial charge in [-0.05, 0) is 30.9 Å². The van der Waals surface area contributed by atoms with Gasteiger partial charge in [0, 0.05) is 6.04 Å². The number of para-hydroxylation sites is 1. The van der Waals surface area contributed by atoms with Gasteiger partial charge in [0.15, 0.2) is 0 Å². The third kappa shape index (κ3) is 2.07. The van der Waals surface area contributed by atoms with Crippen LogP contribution in [0.4, 0.5) is 0 Å². The second-order valence-corrected chi connectivity index (χ2v) is 5.61. The highest BCUT2D eigenvalue weighted by atomic mass is 16.4. The Kier molecular flexibility index (Phi) is 3.16. The third-order valence-electron chi connectivity index (χ3n) is 4.33. The summed E-state index contributed by atoms with van der Waals surface area (Å²) in [5.41, 5.74) is -0.671. The highest BCUT2D eigenvalue weighted by molar-refractivity contribution is 6.00. The minimum Gasteiger partial charge on any atom is -0.478 e. The van der Waals surface area contributed by atoms with Gasteiger partial charge in [-0.3, -0.25) is 14.2 Å². The topological polar surface area (TPSA) is 92.2 Å². The number of hydrogen-bond acceptors (Lipinski definition) is 3. The number of rotatable bonds is 2. The fourth-order valence-corrected chi connectivity index (χ4v) is 3.27. The highest BCUT2D eigenvalue weighted by Crippen LogP contribution is 2.35. The molecule has 1 saturated carbocycles. The van der Waals surface area contributed by atoms with Crippen molar-refractivity contribution in [1.29, 1.82) is 0 Å². The number of carboxylic acids is 1. The monoisotopic (exact) mass is 288 g/mol. The van der Waals surface area contributed by atoms with E-state index in [9.17, 15) is 19.5 Å². The summed E-state index contributed by atoms with van der Waals surface area (Å²) in [7, 11) is 0. The molecule has 1 aliphatic carbocycles. The van der Waals surface area contributed by atoms with Crippen LogP contribution in [0.2, 0.25) is 0 Å². The molecule has 1 aromatic carbocycles. The second kappa shape index (κ2) is 4.87. The first-order chi connectivity index (χ1) is 10.0. The van der Waals surface area contributed by atoms with Crippen molar-refractivity contribution in [3.8, 4) is 0 Å². The zero-order valence-electron chi connectivity index (χ0n) is 11.6. The fraction of sp³-hybridized carbons (Fsp3) is 0.400. The van der Waals surface area contributed by atoms with Crippen molar-refractivity contribution in [2.45, 2.75) is 32.2 Å². The minimum absolute atomic E-state index is 0.00370. The average molecular weight is 288 g/mol. The van der Waals surface area contributed by atoms with Crippen LogP contribution in [0, 0.1) is 5.92 Å². The minimum atomic E-state index is -1.12. The molecule has 6 heteroatoms. The number of carboxylic acid groups (broad SMARTS) is 1. The summed E-state index contributed by atoms with van der Waals surface area (Å²) in [6, 6.07) is 4.66. The van der Waals surface area contributed by atoms with Crippen LogP contribution in [0.15, 0.2) is 27.8 Å². The van der Waals surface area contributed by atoms with Gasteiger partial charge in [0.05, 0.1) is 16.6 Å². The van der Waals surface area contributed by atoms with Crippen LogP contribution in [0.1, 0.15) is 42.6 Å². The molecule has 0 bridgehead atoms. The lowest BCUT2D eigenvalue weighted by Crippen LogP contribution is -2.39. The van der Waals surface area contributed by atoms with Crippen molar-refractivity contribution in [1.82, 2.24) is 9.55 Å². The van der Waals surface area contributed by atoms with E-state index in [0.29, 0.717) is 11.4 Å². The maximum Gasteiger partial charge on any atom is 0.337 e. The molecule has 0 radical (unpaired) electrons. The molecule has 0 saturated heterocycles. The van der Waals surface area contributed by atoms with Gasteiger partial charge >= 0.3 is 17.1 Å². The summed E-state index contributed by atoms with van der Waals surface area (Å²) >= 11 is 0. The van der Waals surface area contributed by atoms with E-state index in [1.165, 1.54) is 10.6 Å². The van der Waals surface area contributed by atoms with Crippen LogP contribution in [-0.4, -0.2) is 20.6 Å². The summed E-state index contributed by atoms with van der Waals surface area (Å²) in [4.78, 5) is 37.9. The van der Waals surface area contributed by atoms with E-state index in [1.54, 1.807) is 12.1 Å². The number of aromatic carboxylic acids is 1. The van der Waals surface area contributed by atoms with E-state index in [0.717, 1.165) is 19.3 Å². The van der Waals surface area contributed by atoms with E-state index in [4.69, 9.17) is 0 Å². The maximum atomic E-state index is 12.3. The molecule has 1 heterocycles. The lowest BCUT2D eigenvalue weighted by molar-refractivity contribution is 0.0698. The number of benzene rings is 1. The summed E-state index contributed by atoms with van der Waals surface area (Å²) < 4.78 is 1.48. The molecular formula is C15H16N2O4. The number of fused-ring (bicyclic) bond motifs is 1. The van der Waals surface area contributed by atoms with E-state index in [1.807, 2.05) is 0 Å². The predicted octanol–water partition coefficient (Wildman–Crippen LogP) is 1.75. The van der Waals surface area contributed by atoms with Crippen molar-refractivity contribution in [3.05, 3.63) is 44.5 Å². The zero-order valence-corrected chi connectivity index (χ0v) is 11.6. The average Bonchev–Trinajstić information content (AvgIpc) is 2.85. The van der Waals surface area contributed by atoms with Gasteiger partial charge in [0.1, 0.15) is 0 Å². The van der Waals surface area contributed by atoms with Gasteiger partial charge in [-0.15, -0.1) is 0 Å². The summed E-state index contributed by atoms with van der Waals surface area (Å²) in [5.74, 6) is -0.831. The number of aromatic nitrogens is 2.